The van der Waals surface area contributed by atoms with E-state index in [1.54, 1.807) is 6.20 Å². The van der Waals surface area contributed by atoms with E-state index in [4.69, 9.17) is 4.74 Å². The van der Waals surface area contributed by atoms with Crippen molar-refractivity contribution in [1.82, 2.24) is 19.7 Å². The summed E-state index contributed by atoms with van der Waals surface area (Å²) in [6.07, 6.45) is 1.68. The van der Waals surface area contributed by atoms with E-state index < -0.39 is 12.0 Å². The van der Waals surface area contributed by atoms with Crippen molar-refractivity contribution in [1.29, 1.82) is 0 Å². The summed E-state index contributed by atoms with van der Waals surface area (Å²) in [5.74, 6) is -0.108. The summed E-state index contributed by atoms with van der Waals surface area (Å²) in [4.78, 5) is 28.3. The summed E-state index contributed by atoms with van der Waals surface area (Å²) in [7, 11) is 0. The molecular formula is C19H14N4O3. The average molecular weight is 346 g/mol. The number of aryl methyl sites for hydroxylation is 1. The molecule has 0 bridgehead atoms. The maximum Gasteiger partial charge on any atom is 0.339 e. The third-order valence-electron chi connectivity index (χ3n) is 4.75. The number of H-pyrrole nitrogens is 2. The fourth-order valence-electron chi connectivity index (χ4n) is 3.55. The van der Waals surface area contributed by atoms with Gasteiger partial charge in [0.1, 0.15) is 5.52 Å². The highest BCUT2D eigenvalue weighted by molar-refractivity contribution is 5.98. The van der Waals surface area contributed by atoms with E-state index in [1.807, 2.05) is 49.4 Å². The van der Waals surface area contributed by atoms with Gasteiger partial charge in [-0.05, 0) is 24.6 Å². The Morgan fingerprint density at radius 2 is 1.88 bits per heavy atom. The Kier molecular flexibility index (Phi) is 2.94. The third-order valence-corrected chi connectivity index (χ3v) is 4.75. The third kappa shape index (κ3) is 1.91. The molecule has 7 heteroatoms. The van der Waals surface area contributed by atoms with Crippen LogP contribution in [0.15, 0.2) is 53.5 Å². The molecule has 1 aliphatic rings. The molecule has 0 fully saturated rings. The lowest BCUT2D eigenvalue weighted by Gasteiger charge is -2.24. The van der Waals surface area contributed by atoms with Gasteiger partial charge in [0.25, 0.3) is 0 Å². The number of hydrogen-bond donors (Lipinski definition) is 2. The number of imidazole rings is 1. The molecule has 7 nitrogen and oxygen atoms in total. The zero-order valence-electron chi connectivity index (χ0n) is 13.8. The molecule has 26 heavy (non-hydrogen) atoms. The number of carbonyl (C=O) groups excluding carboxylic acids is 1. The van der Waals surface area contributed by atoms with Crippen molar-refractivity contribution in [3.63, 3.8) is 0 Å². The number of ether oxygens (including phenoxy) is 1. The largest absolute Gasteiger partial charge is 0.422 e. The fraction of sp³-hybridized carbons (Fsp3) is 0.105. The Morgan fingerprint density at radius 1 is 1.08 bits per heavy atom. The Hall–Kier alpha value is -3.61. The zero-order valence-corrected chi connectivity index (χ0v) is 13.8. The molecule has 4 aromatic rings. The lowest BCUT2D eigenvalue weighted by atomic mass is 10.0. The topological polar surface area (TPSA) is 92.8 Å². The van der Waals surface area contributed by atoms with Crippen LogP contribution in [0.4, 0.5) is 0 Å². The normalized spacial score (nSPS) is 16.0. The van der Waals surface area contributed by atoms with Gasteiger partial charge in [0.2, 0.25) is 0 Å². The first kappa shape index (κ1) is 14.7. The van der Waals surface area contributed by atoms with E-state index in [-0.39, 0.29) is 5.69 Å². The number of carbonyl (C=O) groups is 1. The van der Waals surface area contributed by atoms with Crippen LogP contribution in [-0.2, 0) is 4.79 Å². The summed E-state index contributed by atoms with van der Waals surface area (Å²) in [6, 6.07) is 12.0. The number of aromatic nitrogens is 4. The molecule has 128 valence electrons. The second-order valence-corrected chi connectivity index (χ2v) is 6.28. The van der Waals surface area contributed by atoms with Crippen LogP contribution < -0.4 is 10.4 Å². The van der Waals surface area contributed by atoms with Crippen LogP contribution in [0.25, 0.3) is 22.2 Å². The monoisotopic (exact) mass is 346 g/mol. The van der Waals surface area contributed by atoms with Crippen LogP contribution in [0.1, 0.15) is 17.3 Å². The molecular weight excluding hydrogens is 332 g/mol. The molecule has 0 radical (unpaired) electrons. The van der Waals surface area contributed by atoms with Gasteiger partial charge in [0, 0.05) is 16.8 Å². The Morgan fingerprint density at radius 3 is 2.62 bits per heavy atom. The van der Waals surface area contributed by atoms with Crippen molar-refractivity contribution in [2.24, 2.45) is 0 Å². The zero-order chi connectivity index (χ0) is 17.8. The minimum Gasteiger partial charge on any atom is -0.422 e. The predicted molar refractivity (Wildman–Crippen MR) is 95.1 cm³/mol. The molecule has 2 N–H and O–H groups in total. The van der Waals surface area contributed by atoms with Crippen molar-refractivity contribution in [2.75, 3.05) is 0 Å². The van der Waals surface area contributed by atoms with Crippen molar-refractivity contribution in [3.8, 4) is 16.9 Å². The first-order chi connectivity index (χ1) is 12.6. The van der Waals surface area contributed by atoms with E-state index in [0.29, 0.717) is 22.3 Å². The number of rotatable bonds is 2. The van der Waals surface area contributed by atoms with E-state index in [9.17, 15) is 9.59 Å². The average Bonchev–Trinajstić information content (AvgIpc) is 3.21. The van der Waals surface area contributed by atoms with Gasteiger partial charge in [0.05, 0.1) is 11.7 Å². The van der Waals surface area contributed by atoms with Crippen LogP contribution >= 0.6 is 0 Å². The van der Waals surface area contributed by atoms with Gasteiger partial charge in [-0.1, -0.05) is 30.3 Å². The second-order valence-electron chi connectivity index (χ2n) is 6.28. The van der Waals surface area contributed by atoms with Gasteiger partial charge in [0.15, 0.2) is 11.8 Å². The van der Waals surface area contributed by atoms with Gasteiger partial charge in [-0.3, -0.25) is 9.67 Å². The minimum absolute atomic E-state index is 0.340. The van der Waals surface area contributed by atoms with Crippen LogP contribution in [-0.4, -0.2) is 25.7 Å². The van der Waals surface area contributed by atoms with E-state index in [0.717, 1.165) is 16.8 Å². The molecule has 0 amide bonds. The summed E-state index contributed by atoms with van der Waals surface area (Å²) >= 11 is 0. The lowest BCUT2D eigenvalue weighted by molar-refractivity contribution is -0.137. The summed E-state index contributed by atoms with van der Waals surface area (Å²) in [6.45, 7) is 1.89. The SMILES string of the molecule is Cc1[nH]ncc1-c1ccc2[nH]c(=O)n3c2c1OC(=O)C3c1ccccc1. The fourth-order valence-corrected chi connectivity index (χ4v) is 3.55. The predicted octanol–water partition coefficient (Wildman–Crippen LogP) is 2.54. The van der Waals surface area contributed by atoms with Crippen LogP contribution in [0.5, 0.6) is 5.75 Å². The molecule has 5 rings (SSSR count). The summed E-state index contributed by atoms with van der Waals surface area (Å²) < 4.78 is 7.21. The van der Waals surface area contributed by atoms with Gasteiger partial charge >= 0.3 is 11.7 Å². The number of aromatic amines is 2. The molecule has 2 aromatic heterocycles. The second kappa shape index (κ2) is 5.19. The number of benzene rings is 2. The number of hydrogen-bond acceptors (Lipinski definition) is 4. The molecule has 1 atom stereocenters. The Balaban J connectivity index is 1.85. The first-order valence-electron chi connectivity index (χ1n) is 8.19. The molecule has 0 saturated heterocycles. The van der Waals surface area contributed by atoms with Crippen LogP contribution in [0.2, 0.25) is 0 Å². The molecule has 1 unspecified atom stereocenters. The molecule has 0 aliphatic carbocycles. The van der Waals surface area contributed by atoms with E-state index in [2.05, 4.69) is 15.2 Å². The van der Waals surface area contributed by atoms with Crippen molar-refractivity contribution >= 4 is 17.0 Å². The van der Waals surface area contributed by atoms with E-state index in [1.165, 1.54) is 4.57 Å². The van der Waals surface area contributed by atoms with Gasteiger partial charge in [-0.15, -0.1) is 0 Å². The quantitative estimate of drug-likeness (QED) is 0.431. The smallest absolute Gasteiger partial charge is 0.339 e. The van der Waals surface area contributed by atoms with Crippen molar-refractivity contribution in [3.05, 3.63) is 70.4 Å². The summed E-state index contributed by atoms with van der Waals surface area (Å²) in [5, 5.41) is 6.92. The first-order valence-corrected chi connectivity index (χ1v) is 8.19. The minimum atomic E-state index is -0.814. The molecule has 3 heterocycles. The van der Waals surface area contributed by atoms with Gasteiger partial charge in [-0.25, -0.2) is 9.59 Å². The molecule has 0 spiro atoms. The standard InChI is InChI=1S/C19H14N4O3/c1-10-13(9-20-22-10)12-7-8-14-16-17(12)26-18(24)15(23(16)19(25)21-14)11-5-3-2-4-6-11/h2-9,15H,1H3,(H,20,22)(H,21,25). The van der Waals surface area contributed by atoms with Crippen LogP contribution in [0.3, 0.4) is 0 Å². The van der Waals surface area contributed by atoms with Gasteiger partial charge < -0.3 is 9.72 Å². The highest BCUT2D eigenvalue weighted by Crippen LogP contribution is 2.41. The van der Waals surface area contributed by atoms with Crippen molar-refractivity contribution in [2.45, 2.75) is 13.0 Å². The molecule has 2 aromatic carbocycles. The highest BCUT2D eigenvalue weighted by Gasteiger charge is 2.35. The summed E-state index contributed by atoms with van der Waals surface area (Å²) in [5.41, 5.74) is 3.98. The Labute approximate surface area is 147 Å². The van der Waals surface area contributed by atoms with Gasteiger partial charge in [-0.2, -0.15) is 5.10 Å². The Bertz CT molecular complexity index is 1220. The number of nitrogens with zero attached hydrogens (tertiary/aromatic N) is 2. The maximum atomic E-state index is 12.8. The number of esters is 1. The molecule has 1 aliphatic heterocycles. The highest BCUT2D eigenvalue weighted by atomic mass is 16.5. The molecule has 0 saturated carbocycles. The lowest BCUT2D eigenvalue weighted by Crippen LogP contribution is -2.34. The van der Waals surface area contributed by atoms with Crippen molar-refractivity contribution < 1.29 is 9.53 Å². The van der Waals surface area contributed by atoms with Crippen LogP contribution in [0, 0.1) is 6.92 Å². The van der Waals surface area contributed by atoms with E-state index >= 15 is 0 Å². The maximum absolute atomic E-state index is 12.8. The number of nitrogens with one attached hydrogen (secondary N) is 2.